The van der Waals surface area contributed by atoms with Crippen LogP contribution in [0, 0.1) is 6.92 Å². The molecule has 0 unspecified atom stereocenters. The van der Waals surface area contributed by atoms with Crippen molar-refractivity contribution in [3.05, 3.63) is 69.7 Å². The average Bonchev–Trinajstić information content (AvgIpc) is 2.60. The van der Waals surface area contributed by atoms with Crippen LogP contribution < -0.4 is 5.32 Å². The van der Waals surface area contributed by atoms with Crippen LogP contribution in [0.2, 0.25) is 0 Å². The van der Waals surface area contributed by atoms with Crippen molar-refractivity contribution in [2.75, 3.05) is 0 Å². The molecule has 0 spiro atoms. The molecule has 27 heavy (non-hydrogen) atoms. The van der Waals surface area contributed by atoms with E-state index in [1.54, 1.807) is 11.8 Å². The Morgan fingerprint density at radius 1 is 1.07 bits per heavy atom. The molecule has 0 saturated heterocycles. The zero-order chi connectivity index (χ0) is 20.0. The van der Waals surface area contributed by atoms with Crippen LogP contribution in [0.5, 0.6) is 0 Å². The van der Waals surface area contributed by atoms with E-state index in [1.807, 2.05) is 69.3 Å². The van der Waals surface area contributed by atoms with Gasteiger partial charge in [-0.25, -0.2) is 0 Å². The molecule has 0 aliphatic rings. The second-order valence-electron chi connectivity index (χ2n) is 7.09. The Morgan fingerprint density at radius 2 is 1.78 bits per heavy atom. The molecule has 0 aromatic heterocycles. The van der Waals surface area contributed by atoms with Gasteiger partial charge < -0.3 is 10.2 Å². The first-order chi connectivity index (χ1) is 12.8. The molecule has 0 aliphatic heterocycles. The van der Waals surface area contributed by atoms with E-state index in [0.29, 0.717) is 6.54 Å². The third kappa shape index (κ3) is 6.21. The van der Waals surface area contributed by atoms with Gasteiger partial charge in [0.2, 0.25) is 11.8 Å². The minimum absolute atomic E-state index is 0.0270. The lowest BCUT2D eigenvalue weighted by atomic mass is 10.0. The van der Waals surface area contributed by atoms with Crippen LogP contribution in [-0.4, -0.2) is 28.8 Å². The summed E-state index contributed by atoms with van der Waals surface area (Å²) in [5.41, 5.74) is 3.04. The quantitative estimate of drug-likeness (QED) is 0.713. The van der Waals surface area contributed by atoms with E-state index in [0.717, 1.165) is 21.2 Å². The first-order valence-electron chi connectivity index (χ1n) is 9.16. The maximum atomic E-state index is 13.1. The lowest BCUT2D eigenvalue weighted by Crippen LogP contribution is -2.49. The molecule has 0 saturated carbocycles. The Labute approximate surface area is 170 Å². The van der Waals surface area contributed by atoms with Crippen LogP contribution in [0.4, 0.5) is 0 Å². The maximum Gasteiger partial charge on any atom is 0.242 e. The van der Waals surface area contributed by atoms with E-state index >= 15 is 0 Å². The first kappa shape index (κ1) is 21.2. The number of carbonyl (C=O) groups excluding carboxylic acids is 2. The molecule has 5 heteroatoms. The number of amides is 2. The van der Waals surface area contributed by atoms with Crippen molar-refractivity contribution in [3.63, 3.8) is 0 Å². The molecule has 1 atom stereocenters. The average molecular weight is 431 g/mol. The van der Waals surface area contributed by atoms with Crippen molar-refractivity contribution in [1.82, 2.24) is 10.2 Å². The van der Waals surface area contributed by atoms with E-state index in [9.17, 15) is 9.59 Å². The molecule has 0 radical (unpaired) electrons. The third-order valence-corrected chi connectivity index (χ3v) is 4.94. The molecule has 0 aliphatic carbocycles. The topological polar surface area (TPSA) is 49.4 Å². The fourth-order valence-electron chi connectivity index (χ4n) is 2.89. The van der Waals surface area contributed by atoms with Crippen LogP contribution in [0.15, 0.2) is 53.0 Å². The van der Waals surface area contributed by atoms with E-state index in [-0.39, 0.29) is 24.3 Å². The lowest BCUT2D eigenvalue weighted by molar-refractivity contribution is -0.140. The highest BCUT2D eigenvalue weighted by Crippen LogP contribution is 2.17. The Bertz CT molecular complexity index is 804. The second-order valence-corrected chi connectivity index (χ2v) is 8.01. The summed E-state index contributed by atoms with van der Waals surface area (Å²) in [5.74, 6) is -0.200. The zero-order valence-electron chi connectivity index (χ0n) is 16.3. The molecule has 2 aromatic carbocycles. The number of rotatable bonds is 7. The van der Waals surface area contributed by atoms with E-state index in [1.165, 1.54) is 0 Å². The van der Waals surface area contributed by atoms with Crippen LogP contribution in [0.25, 0.3) is 0 Å². The molecule has 2 rings (SSSR count). The van der Waals surface area contributed by atoms with Gasteiger partial charge in [-0.05, 0) is 56.5 Å². The van der Waals surface area contributed by atoms with Crippen molar-refractivity contribution < 1.29 is 9.59 Å². The molecule has 0 fully saturated rings. The minimum Gasteiger partial charge on any atom is -0.352 e. The van der Waals surface area contributed by atoms with E-state index < -0.39 is 6.04 Å². The highest BCUT2D eigenvalue weighted by atomic mass is 79.9. The van der Waals surface area contributed by atoms with Gasteiger partial charge in [0, 0.05) is 17.1 Å². The Balaban J connectivity index is 2.26. The van der Waals surface area contributed by atoms with Crippen molar-refractivity contribution in [2.24, 2.45) is 0 Å². The molecule has 2 amide bonds. The van der Waals surface area contributed by atoms with Crippen LogP contribution in [-0.2, 0) is 22.6 Å². The summed E-state index contributed by atoms with van der Waals surface area (Å²) >= 11 is 3.47. The summed E-state index contributed by atoms with van der Waals surface area (Å²) in [6.07, 6.45) is 0.278. The summed E-state index contributed by atoms with van der Waals surface area (Å²) < 4.78 is 0.950. The molecule has 0 heterocycles. The van der Waals surface area contributed by atoms with Crippen molar-refractivity contribution >= 4 is 27.7 Å². The van der Waals surface area contributed by atoms with Gasteiger partial charge in [0.25, 0.3) is 0 Å². The van der Waals surface area contributed by atoms with E-state index in [2.05, 4.69) is 21.2 Å². The SMILES string of the molecule is Cc1ccccc1CC(=O)N(Cc1cccc(Br)c1)[C@@H](C)C(=O)NC(C)C. The van der Waals surface area contributed by atoms with Gasteiger partial charge >= 0.3 is 0 Å². The first-order valence-corrected chi connectivity index (χ1v) is 9.96. The van der Waals surface area contributed by atoms with Crippen molar-refractivity contribution in [1.29, 1.82) is 0 Å². The predicted octanol–water partition coefficient (Wildman–Crippen LogP) is 4.24. The molecule has 0 bridgehead atoms. The van der Waals surface area contributed by atoms with Gasteiger partial charge in [-0.3, -0.25) is 9.59 Å². The summed E-state index contributed by atoms with van der Waals surface area (Å²) in [6.45, 7) is 8.00. The maximum absolute atomic E-state index is 13.1. The number of aryl methyl sites for hydroxylation is 1. The van der Waals surface area contributed by atoms with Gasteiger partial charge in [0.15, 0.2) is 0 Å². The van der Waals surface area contributed by atoms with Crippen LogP contribution in [0.3, 0.4) is 0 Å². The van der Waals surface area contributed by atoms with Crippen molar-refractivity contribution in [2.45, 2.75) is 52.7 Å². The monoisotopic (exact) mass is 430 g/mol. The number of nitrogens with zero attached hydrogens (tertiary/aromatic N) is 1. The Kier molecular flexibility index (Phi) is 7.60. The van der Waals surface area contributed by atoms with Crippen molar-refractivity contribution in [3.8, 4) is 0 Å². The van der Waals surface area contributed by atoms with Crippen LogP contribution >= 0.6 is 15.9 Å². The van der Waals surface area contributed by atoms with Gasteiger partial charge in [-0.1, -0.05) is 52.3 Å². The smallest absolute Gasteiger partial charge is 0.242 e. The van der Waals surface area contributed by atoms with Gasteiger partial charge in [-0.2, -0.15) is 0 Å². The molecule has 144 valence electrons. The van der Waals surface area contributed by atoms with E-state index in [4.69, 9.17) is 0 Å². The molecular formula is C22H27BrN2O2. The third-order valence-electron chi connectivity index (χ3n) is 4.44. The second kappa shape index (κ2) is 9.70. The number of hydrogen-bond acceptors (Lipinski definition) is 2. The minimum atomic E-state index is -0.553. The summed E-state index contributed by atoms with van der Waals surface area (Å²) in [4.78, 5) is 27.3. The van der Waals surface area contributed by atoms with Crippen LogP contribution in [0.1, 0.15) is 37.5 Å². The number of hydrogen-bond donors (Lipinski definition) is 1. The standard InChI is InChI=1S/C22H27BrN2O2/c1-15(2)24-22(27)17(4)25(14-18-9-7-11-20(23)12-18)21(26)13-19-10-6-5-8-16(19)3/h5-12,15,17H,13-14H2,1-4H3,(H,24,27)/t17-/m0/s1. The number of nitrogens with one attached hydrogen (secondary N) is 1. The summed E-state index contributed by atoms with van der Waals surface area (Å²) in [6, 6.07) is 15.1. The molecular weight excluding hydrogens is 404 g/mol. The molecule has 4 nitrogen and oxygen atoms in total. The zero-order valence-corrected chi connectivity index (χ0v) is 17.9. The number of benzene rings is 2. The largest absolute Gasteiger partial charge is 0.352 e. The van der Waals surface area contributed by atoms with Gasteiger partial charge in [-0.15, -0.1) is 0 Å². The molecule has 1 N–H and O–H groups in total. The highest BCUT2D eigenvalue weighted by molar-refractivity contribution is 9.10. The predicted molar refractivity (Wildman–Crippen MR) is 112 cm³/mol. The fourth-order valence-corrected chi connectivity index (χ4v) is 3.34. The summed E-state index contributed by atoms with van der Waals surface area (Å²) in [5, 5.41) is 2.91. The number of halogens is 1. The van der Waals surface area contributed by atoms with Gasteiger partial charge in [0.1, 0.15) is 6.04 Å². The molecule has 2 aromatic rings. The summed E-state index contributed by atoms with van der Waals surface area (Å²) in [7, 11) is 0. The normalized spacial score (nSPS) is 11.9. The Hall–Kier alpha value is -2.14. The number of carbonyl (C=O) groups is 2. The fraction of sp³-hybridized carbons (Fsp3) is 0.364. The highest BCUT2D eigenvalue weighted by Gasteiger charge is 2.26. The van der Waals surface area contributed by atoms with Gasteiger partial charge in [0.05, 0.1) is 6.42 Å². The lowest BCUT2D eigenvalue weighted by Gasteiger charge is -2.29. The Morgan fingerprint density at radius 3 is 2.41 bits per heavy atom.